The zero-order valence-electron chi connectivity index (χ0n) is 14.1. The molecule has 2 aliphatic rings. The summed E-state index contributed by atoms with van der Waals surface area (Å²) in [6, 6.07) is 7.63. The molecule has 2 fully saturated rings. The van der Waals surface area contributed by atoms with Gasteiger partial charge in [-0.2, -0.15) is 0 Å². The Kier molecular flexibility index (Phi) is 4.55. The van der Waals surface area contributed by atoms with E-state index < -0.39 is 0 Å². The number of anilines is 1. The van der Waals surface area contributed by atoms with Gasteiger partial charge in [-0.1, -0.05) is 17.7 Å². The summed E-state index contributed by atoms with van der Waals surface area (Å²) in [5.74, 6) is -0.435. The summed E-state index contributed by atoms with van der Waals surface area (Å²) in [6.45, 7) is 5.81. The first kappa shape index (κ1) is 16.5. The Morgan fingerprint density at radius 1 is 0.958 bits per heavy atom. The molecular weight excluding hydrogens is 306 g/mol. The molecule has 1 N–H and O–H groups in total. The van der Waals surface area contributed by atoms with Gasteiger partial charge in [0.1, 0.15) is 0 Å². The SMILES string of the molecule is CC(=O)N1CCN(C(=O)C2CC2C(=O)Nc2ccc(C)cc2)CC1. The number of rotatable bonds is 3. The van der Waals surface area contributed by atoms with Crippen LogP contribution in [-0.2, 0) is 14.4 Å². The van der Waals surface area contributed by atoms with E-state index >= 15 is 0 Å². The van der Waals surface area contributed by atoms with Gasteiger partial charge in [0.25, 0.3) is 0 Å². The van der Waals surface area contributed by atoms with E-state index in [-0.39, 0.29) is 29.6 Å². The summed E-state index contributed by atoms with van der Waals surface area (Å²) < 4.78 is 0. The van der Waals surface area contributed by atoms with Crippen LogP contribution in [0.1, 0.15) is 18.9 Å². The highest BCUT2D eigenvalue weighted by molar-refractivity contribution is 5.99. The first-order valence-electron chi connectivity index (χ1n) is 8.37. The number of aryl methyl sites for hydroxylation is 1. The second-order valence-electron chi connectivity index (χ2n) is 6.64. The van der Waals surface area contributed by atoms with Crippen molar-refractivity contribution in [2.45, 2.75) is 20.3 Å². The predicted molar refractivity (Wildman–Crippen MR) is 90.2 cm³/mol. The number of carbonyl (C=O) groups is 3. The van der Waals surface area contributed by atoms with Crippen LogP contribution in [0.25, 0.3) is 0 Å². The maximum atomic E-state index is 12.5. The van der Waals surface area contributed by atoms with E-state index in [9.17, 15) is 14.4 Å². The number of piperazine rings is 1. The van der Waals surface area contributed by atoms with E-state index in [4.69, 9.17) is 0 Å². The van der Waals surface area contributed by atoms with Crippen molar-refractivity contribution in [3.05, 3.63) is 29.8 Å². The van der Waals surface area contributed by atoms with Crippen LogP contribution in [0.4, 0.5) is 5.69 Å². The average Bonchev–Trinajstić information content (AvgIpc) is 3.37. The van der Waals surface area contributed by atoms with Gasteiger partial charge in [0.15, 0.2) is 0 Å². The Labute approximate surface area is 141 Å². The van der Waals surface area contributed by atoms with Crippen molar-refractivity contribution in [2.24, 2.45) is 11.8 Å². The van der Waals surface area contributed by atoms with Crippen molar-refractivity contribution in [1.29, 1.82) is 0 Å². The minimum atomic E-state index is -0.232. The minimum absolute atomic E-state index is 0.0438. The van der Waals surface area contributed by atoms with E-state index in [1.165, 1.54) is 0 Å². The highest BCUT2D eigenvalue weighted by Gasteiger charge is 2.49. The smallest absolute Gasteiger partial charge is 0.228 e. The number of nitrogens with one attached hydrogen (secondary N) is 1. The molecule has 0 aromatic heterocycles. The Hall–Kier alpha value is -2.37. The summed E-state index contributed by atoms with van der Waals surface area (Å²) in [6.07, 6.45) is 0.615. The highest BCUT2D eigenvalue weighted by Crippen LogP contribution is 2.41. The van der Waals surface area contributed by atoms with Crippen LogP contribution >= 0.6 is 0 Å². The normalized spacial score (nSPS) is 22.9. The molecule has 1 saturated carbocycles. The van der Waals surface area contributed by atoms with Gasteiger partial charge in [-0.05, 0) is 25.5 Å². The molecule has 0 spiro atoms. The standard InChI is InChI=1S/C18H23N3O3/c1-12-3-5-14(6-4-12)19-17(23)15-11-16(15)18(24)21-9-7-20(8-10-21)13(2)22/h3-6,15-16H,7-11H2,1-2H3,(H,19,23). The molecular formula is C18H23N3O3. The van der Waals surface area contributed by atoms with Crippen LogP contribution in [0.5, 0.6) is 0 Å². The van der Waals surface area contributed by atoms with Crippen molar-refractivity contribution in [2.75, 3.05) is 31.5 Å². The third kappa shape index (κ3) is 3.58. The lowest BCUT2D eigenvalue weighted by Gasteiger charge is -2.34. The zero-order chi connectivity index (χ0) is 17.3. The third-order valence-corrected chi connectivity index (χ3v) is 4.80. The topological polar surface area (TPSA) is 69.7 Å². The van der Waals surface area contributed by atoms with E-state index in [1.807, 2.05) is 31.2 Å². The number of nitrogens with zero attached hydrogens (tertiary/aromatic N) is 2. The molecule has 3 amide bonds. The number of benzene rings is 1. The zero-order valence-corrected chi connectivity index (χ0v) is 14.1. The van der Waals surface area contributed by atoms with Gasteiger partial charge in [-0.15, -0.1) is 0 Å². The number of carbonyl (C=O) groups excluding carboxylic acids is 3. The molecule has 1 aromatic carbocycles. The van der Waals surface area contributed by atoms with E-state index in [0.717, 1.165) is 11.3 Å². The van der Waals surface area contributed by atoms with Crippen LogP contribution in [0, 0.1) is 18.8 Å². The van der Waals surface area contributed by atoms with E-state index in [1.54, 1.807) is 16.7 Å². The lowest BCUT2D eigenvalue weighted by molar-refractivity contribution is -0.139. The monoisotopic (exact) mass is 329 g/mol. The van der Waals surface area contributed by atoms with Crippen molar-refractivity contribution in [1.82, 2.24) is 9.80 Å². The molecule has 1 heterocycles. The summed E-state index contributed by atoms with van der Waals surface area (Å²) in [4.78, 5) is 39.6. The van der Waals surface area contributed by atoms with Crippen LogP contribution in [0.15, 0.2) is 24.3 Å². The van der Waals surface area contributed by atoms with E-state index in [2.05, 4.69) is 5.32 Å². The Balaban J connectivity index is 1.49. The molecule has 1 saturated heterocycles. The Morgan fingerprint density at radius 2 is 1.54 bits per heavy atom. The first-order chi connectivity index (χ1) is 11.5. The Morgan fingerprint density at radius 3 is 2.12 bits per heavy atom. The van der Waals surface area contributed by atoms with Crippen LogP contribution in [-0.4, -0.2) is 53.7 Å². The second kappa shape index (κ2) is 6.63. The van der Waals surface area contributed by atoms with Gasteiger partial charge >= 0.3 is 0 Å². The molecule has 2 unspecified atom stereocenters. The lowest BCUT2D eigenvalue weighted by Crippen LogP contribution is -2.50. The van der Waals surface area contributed by atoms with Gasteiger partial charge < -0.3 is 15.1 Å². The lowest BCUT2D eigenvalue weighted by atomic mass is 10.2. The van der Waals surface area contributed by atoms with Crippen molar-refractivity contribution in [3.8, 4) is 0 Å². The van der Waals surface area contributed by atoms with Crippen LogP contribution in [0.3, 0.4) is 0 Å². The molecule has 128 valence electrons. The maximum Gasteiger partial charge on any atom is 0.228 e. The van der Waals surface area contributed by atoms with Gasteiger partial charge in [0.2, 0.25) is 17.7 Å². The average molecular weight is 329 g/mol. The van der Waals surface area contributed by atoms with E-state index in [0.29, 0.717) is 32.6 Å². The van der Waals surface area contributed by atoms with Crippen LogP contribution in [0.2, 0.25) is 0 Å². The highest BCUT2D eigenvalue weighted by atomic mass is 16.2. The molecule has 1 aliphatic carbocycles. The molecule has 6 heteroatoms. The van der Waals surface area contributed by atoms with Crippen LogP contribution < -0.4 is 5.32 Å². The number of amides is 3. The minimum Gasteiger partial charge on any atom is -0.339 e. The van der Waals surface area contributed by atoms with Gasteiger partial charge in [-0.25, -0.2) is 0 Å². The molecule has 0 bridgehead atoms. The Bertz CT molecular complexity index is 648. The number of hydrogen-bond acceptors (Lipinski definition) is 3. The maximum absolute atomic E-state index is 12.5. The molecule has 0 radical (unpaired) electrons. The first-order valence-corrected chi connectivity index (χ1v) is 8.37. The molecule has 1 aliphatic heterocycles. The largest absolute Gasteiger partial charge is 0.339 e. The van der Waals surface area contributed by atoms with Crippen molar-refractivity contribution in [3.63, 3.8) is 0 Å². The van der Waals surface area contributed by atoms with Crippen molar-refractivity contribution < 1.29 is 14.4 Å². The summed E-state index contributed by atoms with van der Waals surface area (Å²) in [7, 11) is 0. The number of hydrogen-bond donors (Lipinski definition) is 1. The third-order valence-electron chi connectivity index (χ3n) is 4.80. The van der Waals surface area contributed by atoms with Crippen molar-refractivity contribution >= 4 is 23.4 Å². The fourth-order valence-electron chi connectivity index (χ4n) is 3.11. The molecule has 1 aromatic rings. The summed E-state index contributed by atoms with van der Waals surface area (Å²) in [5, 5.41) is 2.88. The second-order valence-corrected chi connectivity index (χ2v) is 6.64. The fourth-order valence-corrected chi connectivity index (χ4v) is 3.11. The van der Waals surface area contributed by atoms with Gasteiger partial charge in [0, 0.05) is 38.8 Å². The fraction of sp³-hybridized carbons (Fsp3) is 0.500. The van der Waals surface area contributed by atoms with Gasteiger partial charge in [-0.3, -0.25) is 14.4 Å². The molecule has 3 rings (SSSR count). The quantitative estimate of drug-likeness (QED) is 0.908. The summed E-state index contributed by atoms with van der Waals surface area (Å²) >= 11 is 0. The molecule has 2 atom stereocenters. The summed E-state index contributed by atoms with van der Waals surface area (Å²) in [5.41, 5.74) is 1.90. The molecule has 24 heavy (non-hydrogen) atoms. The molecule has 6 nitrogen and oxygen atoms in total. The van der Waals surface area contributed by atoms with Gasteiger partial charge in [0.05, 0.1) is 11.8 Å². The predicted octanol–water partition coefficient (Wildman–Crippen LogP) is 1.26.